The summed E-state index contributed by atoms with van der Waals surface area (Å²) in [6.07, 6.45) is 1.83. The van der Waals surface area contributed by atoms with Gasteiger partial charge in [-0.15, -0.1) is 0 Å². The van der Waals surface area contributed by atoms with Gasteiger partial charge < -0.3 is 5.32 Å². The summed E-state index contributed by atoms with van der Waals surface area (Å²) >= 11 is 0. The fourth-order valence-corrected chi connectivity index (χ4v) is 1.38. The Bertz CT molecular complexity index is 213. The first kappa shape index (κ1) is 5.85. The van der Waals surface area contributed by atoms with Crippen molar-refractivity contribution in [3.8, 4) is 0 Å². The van der Waals surface area contributed by atoms with Crippen molar-refractivity contribution < 1.29 is 4.79 Å². The summed E-state index contributed by atoms with van der Waals surface area (Å²) < 4.78 is 0. The molecule has 2 rings (SSSR count). The topological polar surface area (TPSA) is 44.7 Å². The quantitative estimate of drug-likeness (QED) is 0.476. The highest BCUT2D eigenvalue weighted by Crippen LogP contribution is 2.21. The van der Waals surface area contributed by atoms with Crippen molar-refractivity contribution in [3.63, 3.8) is 0 Å². The van der Waals surface area contributed by atoms with Gasteiger partial charge in [0.1, 0.15) is 0 Å². The van der Waals surface area contributed by atoms with Gasteiger partial charge in [0.2, 0.25) is 5.91 Å². The molecule has 2 aliphatic heterocycles. The number of nitrogens with zero attached hydrogens (tertiary/aromatic N) is 2. The van der Waals surface area contributed by atoms with Crippen LogP contribution in [0.2, 0.25) is 0 Å². The van der Waals surface area contributed by atoms with Crippen molar-refractivity contribution in [1.29, 1.82) is 0 Å². The van der Waals surface area contributed by atoms with Crippen molar-refractivity contribution in [3.05, 3.63) is 0 Å². The average molecular weight is 139 g/mol. The summed E-state index contributed by atoms with van der Waals surface area (Å²) in [5.41, 5.74) is 0. The highest BCUT2D eigenvalue weighted by atomic mass is 16.2. The molecule has 0 aromatic carbocycles. The van der Waals surface area contributed by atoms with E-state index in [2.05, 4.69) is 10.3 Å². The Hall–Kier alpha value is -0.900. The summed E-state index contributed by atoms with van der Waals surface area (Å²) in [5.74, 6) is -0.351. The second-order valence-electron chi connectivity index (χ2n) is 2.76. The third kappa shape index (κ3) is 0.593. The van der Waals surface area contributed by atoms with Crippen molar-refractivity contribution in [2.75, 3.05) is 13.1 Å². The lowest BCUT2D eigenvalue weighted by atomic mass is 10.4. The van der Waals surface area contributed by atoms with Crippen LogP contribution in [-0.4, -0.2) is 35.9 Å². The van der Waals surface area contributed by atoms with E-state index < -0.39 is 5.79 Å². The lowest BCUT2D eigenvalue weighted by molar-refractivity contribution is -0.118. The number of aliphatic imine (C=N–C) groups is 1. The standard InChI is InChI=1S/C6H9N3O/c1-6-7-2-3-9(6)4-5(10)8-6/h2H,3-4H2,1H3,(H,8,10). The van der Waals surface area contributed by atoms with Gasteiger partial charge >= 0.3 is 0 Å². The third-order valence-electron chi connectivity index (χ3n) is 1.97. The first-order valence-electron chi connectivity index (χ1n) is 3.30. The maximum atomic E-state index is 10.8. The largest absolute Gasteiger partial charge is 0.318 e. The van der Waals surface area contributed by atoms with E-state index in [-0.39, 0.29) is 5.91 Å². The molecule has 1 N–H and O–H groups in total. The monoisotopic (exact) mass is 139 g/mol. The van der Waals surface area contributed by atoms with Crippen LogP contribution in [0.4, 0.5) is 0 Å². The summed E-state index contributed by atoms with van der Waals surface area (Å²) in [4.78, 5) is 17.0. The predicted molar refractivity (Wildman–Crippen MR) is 36.6 cm³/mol. The van der Waals surface area contributed by atoms with Gasteiger partial charge in [-0.2, -0.15) is 0 Å². The van der Waals surface area contributed by atoms with E-state index in [0.29, 0.717) is 6.54 Å². The zero-order valence-electron chi connectivity index (χ0n) is 5.79. The molecule has 0 saturated carbocycles. The number of rotatable bonds is 0. The molecule has 0 radical (unpaired) electrons. The molecule has 2 aliphatic rings. The Balaban J connectivity index is 2.29. The zero-order valence-corrected chi connectivity index (χ0v) is 5.79. The molecule has 1 unspecified atom stereocenters. The van der Waals surface area contributed by atoms with Crippen molar-refractivity contribution in [2.24, 2.45) is 4.99 Å². The van der Waals surface area contributed by atoms with Gasteiger partial charge in [-0.3, -0.25) is 9.79 Å². The molecule has 1 fully saturated rings. The highest BCUT2D eigenvalue weighted by molar-refractivity contribution is 5.83. The number of hydrogen-bond acceptors (Lipinski definition) is 3. The van der Waals surface area contributed by atoms with Crippen LogP contribution < -0.4 is 5.32 Å². The van der Waals surface area contributed by atoms with Crippen LogP contribution in [0.25, 0.3) is 0 Å². The van der Waals surface area contributed by atoms with E-state index in [0.717, 1.165) is 6.54 Å². The van der Waals surface area contributed by atoms with Crippen LogP contribution in [0.15, 0.2) is 4.99 Å². The number of fused-ring (bicyclic) bond motifs is 1. The van der Waals surface area contributed by atoms with Crippen molar-refractivity contribution in [2.45, 2.75) is 12.7 Å². The Morgan fingerprint density at radius 1 is 1.90 bits per heavy atom. The van der Waals surface area contributed by atoms with Crippen LogP contribution in [0.5, 0.6) is 0 Å². The van der Waals surface area contributed by atoms with E-state index >= 15 is 0 Å². The highest BCUT2D eigenvalue weighted by Gasteiger charge is 2.42. The molecule has 0 spiro atoms. The Kier molecular flexibility index (Phi) is 0.922. The fraction of sp³-hybridized carbons (Fsp3) is 0.667. The number of carbonyl (C=O) groups is 1. The predicted octanol–water partition coefficient (Wildman–Crippen LogP) is -0.824. The van der Waals surface area contributed by atoms with E-state index in [1.54, 1.807) is 0 Å². The molecule has 54 valence electrons. The summed E-state index contributed by atoms with van der Waals surface area (Å²) in [6.45, 7) is 3.17. The van der Waals surface area contributed by atoms with Gasteiger partial charge in [-0.05, 0) is 6.92 Å². The van der Waals surface area contributed by atoms with Crippen LogP contribution in [0, 0.1) is 0 Å². The van der Waals surface area contributed by atoms with Gasteiger partial charge in [0, 0.05) is 12.8 Å². The molecule has 0 aliphatic carbocycles. The molecule has 4 heteroatoms. The third-order valence-corrected chi connectivity index (χ3v) is 1.97. The Morgan fingerprint density at radius 2 is 2.70 bits per heavy atom. The molecule has 0 aromatic rings. The molecule has 4 nitrogen and oxygen atoms in total. The van der Waals surface area contributed by atoms with Gasteiger partial charge in [0.15, 0.2) is 5.79 Å². The maximum absolute atomic E-state index is 10.8. The second-order valence-corrected chi connectivity index (χ2v) is 2.76. The van der Waals surface area contributed by atoms with E-state index in [9.17, 15) is 4.79 Å². The average Bonchev–Trinajstić information content (AvgIpc) is 2.20. The van der Waals surface area contributed by atoms with Gasteiger partial charge in [-0.25, -0.2) is 4.90 Å². The van der Waals surface area contributed by atoms with E-state index in [1.165, 1.54) is 0 Å². The van der Waals surface area contributed by atoms with E-state index in [4.69, 9.17) is 0 Å². The Morgan fingerprint density at radius 3 is 3.40 bits per heavy atom. The SMILES string of the molecule is CC12N=CCN1CC(=O)N2. The second kappa shape index (κ2) is 1.58. The van der Waals surface area contributed by atoms with E-state index in [1.807, 2.05) is 18.0 Å². The Labute approximate surface area is 58.9 Å². The van der Waals surface area contributed by atoms with Crippen molar-refractivity contribution in [1.82, 2.24) is 10.2 Å². The van der Waals surface area contributed by atoms with Crippen LogP contribution in [0.1, 0.15) is 6.92 Å². The lowest BCUT2D eigenvalue weighted by Gasteiger charge is -2.22. The smallest absolute Gasteiger partial charge is 0.237 e. The van der Waals surface area contributed by atoms with Crippen LogP contribution >= 0.6 is 0 Å². The molecule has 10 heavy (non-hydrogen) atoms. The molecule has 0 aromatic heterocycles. The van der Waals surface area contributed by atoms with Gasteiger partial charge in [-0.1, -0.05) is 0 Å². The maximum Gasteiger partial charge on any atom is 0.237 e. The molecule has 1 saturated heterocycles. The number of amides is 1. The van der Waals surface area contributed by atoms with Gasteiger partial charge in [0.25, 0.3) is 0 Å². The first-order chi connectivity index (χ1) is 4.71. The number of carbonyl (C=O) groups excluding carboxylic acids is 1. The zero-order chi connectivity index (χ0) is 7.19. The van der Waals surface area contributed by atoms with Crippen LogP contribution in [0.3, 0.4) is 0 Å². The molecule has 2 heterocycles. The molecular formula is C6H9N3O. The minimum atomic E-state index is -0.420. The van der Waals surface area contributed by atoms with Crippen molar-refractivity contribution >= 4 is 12.1 Å². The summed E-state index contributed by atoms with van der Waals surface area (Å²) in [7, 11) is 0. The normalized spacial score (nSPS) is 38.3. The fourth-order valence-electron chi connectivity index (χ4n) is 1.38. The van der Waals surface area contributed by atoms with Crippen LogP contribution in [-0.2, 0) is 4.79 Å². The minimum absolute atomic E-state index is 0.0688. The molecular weight excluding hydrogens is 130 g/mol. The lowest BCUT2D eigenvalue weighted by Crippen LogP contribution is -2.43. The molecule has 0 bridgehead atoms. The minimum Gasteiger partial charge on any atom is -0.318 e. The molecule has 1 amide bonds. The van der Waals surface area contributed by atoms with Gasteiger partial charge in [0.05, 0.1) is 6.54 Å². The summed E-state index contributed by atoms with van der Waals surface area (Å²) in [5, 5.41) is 2.78. The number of nitrogens with one attached hydrogen (secondary N) is 1. The number of hydrogen-bond donors (Lipinski definition) is 1. The summed E-state index contributed by atoms with van der Waals surface area (Å²) in [6, 6.07) is 0. The molecule has 1 atom stereocenters. The first-order valence-corrected chi connectivity index (χ1v) is 3.30.